The molecule has 8 amide bonds. The number of thioether (sulfide) groups is 1. The van der Waals surface area contributed by atoms with Crippen molar-refractivity contribution in [2.45, 2.75) is 206 Å². The van der Waals surface area contributed by atoms with Gasteiger partial charge < -0.3 is 155 Å². The van der Waals surface area contributed by atoms with E-state index in [0.29, 0.717) is 77.7 Å². The Balaban J connectivity index is 0.829. The molecular weight excluding hydrogens is 1340 g/mol. The highest BCUT2D eigenvalue weighted by Crippen LogP contribution is 2.36. The minimum Gasteiger partial charge on any atom is -0.394 e. The Morgan fingerprint density at radius 1 is 0.444 bits per heavy atom. The molecule has 570 valence electrons. The molecule has 39 heteroatoms. The number of carbonyl (C=O) groups excluding carboxylic acids is 7. The van der Waals surface area contributed by atoms with Gasteiger partial charge in [-0.1, -0.05) is 6.42 Å². The van der Waals surface area contributed by atoms with Crippen LogP contribution in [0.1, 0.15) is 66.2 Å². The van der Waals surface area contributed by atoms with E-state index in [2.05, 4.69) is 42.5 Å². The van der Waals surface area contributed by atoms with Gasteiger partial charge in [0.1, 0.15) is 97.4 Å². The van der Waals surface area contributed by atoms with E-state index in [1.165, 1.54) is 0 Å². The first-order chi connectivity index (χ1) is 47.6. The Morgan fingerprint density at radius 3 is 1.27 bits per heavy atom. The third kappa shape index (κ3) is 26.6. The lowest BCUT2D eigenvalue weighted by atomic mass is 9.93. The SMILES string of the molecule is CC(=O)N[C@H]1[C@@H](OCCCNC(=O)CCOCCOCCOCCOCCOCCOCCNC(=O)CCCC[C@@H]2SC[C@@H]3NC(=O)N[C@@H]32)O[C@H](CO)[C@H](O[C@H]2O[C@H](CO)[C@H](O[C@H]3O[C@H](CO)[C@H](O[C@H]4O[C@H](CO)[C@H](O)[C@H](O)[C@H]4NC(C)=O)[C@H](O)[C@H]3NC(C)=O)[C@H](O)[C@H]2NC(C)=O)[C@@H]1O. The number of unbranched alkanes of at least 4 members (excludes halogenated alkanes) is 1. The lowest BCUT2D eigenvalue weighted by Crippen LogP contribution is -2.71. The maximum absolute atomic E-state index is 12.7. The first kappa shape index (κ1) is 83.5. The van der Waals surface area contributed by atoms with Gasteiger partial charge in [0.2, 0.25) is 35.4 Å². The van der Waals surface area contributed by atoms with Gasteiger partial charge in [0.25, 0.3) is 0 Å². The summed E-state index contributed by atoms with van der Waals surface area (Å²) < 4.78 is 81.0. The standard InChI is InChI=1S/C60H104N8O30S/c1-31(73)63-44-49(80)48(79)36(26-69)92-57(44)96-54-38(28-71)94-59(46(51(54)82)65-33(3)75)98-55-39(29-72)95-58(47(52(55)83)66-34(4)76)97-53-37(27-70)93-56(45(50(53)81)64-32(2)74)91-13-7-11-61-42(78)10-14-85-16-18-87-20-22-89-24-25-90-23-21-88-19-17-86-15-12-62-41(77)9-6-5-8-40-43-35(30-99-40)67-60(84)68-43/h35-40,43-59,69-72,79-83H,5-30H2,1-4H3,(H,61,78)(H,62,77)(H,63,73)(H,64,74)(H,65,75)(H,66,76)(H2,67,68,84)/t35-,36+,37+,38+,39+,40-,43-,44+,45+,46+,47+,48-,49+,50+,51+,52+,53-,54-,55-,56-,57+,58+,59+/m0/s1. The van der Waals surface area contributed by atoms with Crippen molar-refractivity contribution in [1.29, 1.82) is 0 Å². The van der Waals surface area contributed by atoms with Crippen molar-refractivity contribution in [2.75, 3.05) is 131 Å². The van der Waals surface area contributed by atoms with Crippen molar-refractivity contribution in [3.63, 3.8) is 0 Å². The largest absolute Gasteiger partial charge is 0.394 e. The second-order valence-electron chi connectivity index (χ2n) is 24.3. The van der Waals surface area contributed by atoms with Crippen LogP contribution in [0.25, 0.3) is 0 Å². The highest BCUT2D eigenvalue weighted by atomic mass is 32.2. The van der Waals surface area contributed by atoms with Crippen molar-refractivity contribution in [3.05, 3.63) is 0 Å². The number of ether oxygens (including phenoxy) is 14. The van der Waals surface area contributed by atoms with Crippen LogP contribution in [0.2, 0.25) is 0 Å². The number of aliphatic hydroxyl groups excluding tert-OH is 9. The van der Waals surface area contributed by atoms with Crippen LogP contribution in [0.15, 0.2) is 0 Å². The first-order valence-corrected chi connectivity index (χ1v) is 34.4. The van der Waals surface area contributed by atoms with E-state index in [0.717, 1.165) is 52.7 Å². The van der Waals surface area contributed by atoms with Gasteiger partial charge in [-0.3, -0.25) is 28.8 Å². The summed E-state index contributed by atoms with van der Waals surface area (Å²) in [4.78, 5) is 86.2. The number of hydrogen-bond donors (Lipinski definition) is 17. The summed E-state index contributed by atoms with van der Waals surface area (Å²) in [5, 5.41) is 120. The van der Waals surface area contributed by atoms with Gasteiger partial charge in [0.05, 0.1) is 124 Å². The maximum Gasteiger partial charge on any atom is 0.315 e. The Kier molecular flexibility index (Phi) is 37.3. The van der Waals surface area contributed by atoms with E-state index < -0.39 is 173 Å². The van der Waals surface area contributed by atoms with Crippen LogP contribution in [0.4, 0.5) is 4.79 Å². The average Bonchev–Trinajstić information content (AvgIpc) is 1.46. The maximum atomic E-state index is 12.7. The van der Waals surface area contributed by atoms with E-state index >= 15 is 0 Å². The summed E-state index contributed by atoms with van der Waals surface area (Å²) in [6, 6.07) is -5.89. The molecular formula is C60H104N8O30S. The number of hydrogen-bond acceptors (Lipinski definition) is 31. The third-order valence-electron chi connectivity index (χ3n) is 16.7. The molecule has 0 unspecified atom stereocenters. The second kappa shape index (κ2) is 44.2. The third-order valence-corrected chi connectivity index (χ3v) is 18.2. The molecule has 6 saturated heterocycles. The van der Waals surface area contributed by atoms with Gasteiger partial charge in [-0.2, -0.15) is 11.8 Å². The molecule has 0 aromatic rings. The fourth-order valence-corrected chi connectivity index (χ4v) is 13.4. The van der Waals surface area contributed by atoms with Crippen molar-refractivity contribution in [3.8, 4) is 0 Å². The molecule has 99 heavy (non-hydrogen) atoms. The minimum absolute atomic E-state index is 0.00380. The van der Waals surface area contributed by atoms with E-state index in [1.54, 1.807) is 0 Å². The predicted molar refractivity (Wildman–Crippen MR) is 338 cm³/mol. The molecule has 0 saturated carbocycles. The zero-order chi connectivity index (χ0) is 72.0. The number of urea groups is 1. The molecule has 0 radical (unpaired) electrons. The van der Waals surface area contributed by atoms with Crippen molar-refractivity contribution in [2.24, 2.45) is 0 Å². The van der Waals surface area contributed by atoms with E-state index in [9.17, 15) is 79.5 Å². The molecule has 6 aliphatic rings. The Labute approximate surface area is 577 Å². The fraction of sp³-hybridized carbons (Fsp3) is 0.883. The summed E-state index contributed by atoms with van der Waals surface area (Å²) in [7, 11) is 0. The van der Waals surface area contributed by atoms with Crippen LogP contribution in [0.5, 0.6) is 0 Å². The molecule has 0 aromatic heterocycles. The molecule has 23 atom stereocenters. The summed E-state index contributed by atoms with van der Waals surface area (Å²) >= 11 is 1.87. The number of amides is 8. The first-order valence-electron chi connectivity index (χ1n) is 33.4. The van der Waals surface area contributed by atoms with Gasteiger partial charge in [-0.15, -0.1) is 0 Å². The molecule has 6 fully saturated rings. The summed E-state index contributed by atoms with van der Waals surface area (Å²) in [6.07, 6.45) is -23.6. The van der Waals surface area contributed by atoms with Gasteiger partial charge in [-0.25, -0.2) is 4.79 Å². The Morgan fingerprint density at radius 2 is 0.828 bits per heavy atom. The zero-order valence-electron chi connectivity index (χ0n) is 56.2. The molecule has 0 bridgehead atoms. The quantitative estimate of drug-likeness (QED) is 0.0199. The Bertz CT molecular complexity index is 2450. The van der Waals surface area contributed by atoms with Crippen LogP contribution < -0.4 is 42.5 Å². The Hall–Kier alpha value is -4.48. The van der Waals surface area contributed by atoms with E-state index in [4.69, 9.17) is 66.3 Å². The molecule has 0 aliphatic carbocycles. The molecule has 38 nitrogen and oxygen atoms in total. The van der Waals surface area contributed by atoms with E-state index in [-0.39, 0.29) is 75.7 Å². The van der Waals surface area contributed by atoms with Gasteiger partial charge >= 0.3 is 6.03 Å². The lowest BCUT2D eigenvalue weighted by molar-refractivity contribution is -0.362. The van der Waals surface area contributed by atoms with Crippen LogP contribution in [-0.4, -0.2) is 359 Å². The van der Waals surface area contributed by atoms with Crippen molar-refractivity contribution in [1.82, 2.24) is 42.5 Å². The van der Waals surface area contributed by atoms with Gasteiger partial charge in [0, 0.05) is 64.6 Å². The molecule has 0 spiro atoms. The number of nitrogens with one attached hydrogen (secondary N) is 8. The van der Waals surface area contributed by atoms with Crippen LogP contribution >= 0.6 is 11.8 Å². The van der Waals surface area contributed by atoms with Crippen LogP contribution in [0, 0.1) is 0 Å². The second-order valence-corrected chi connectivity index (χ2v) is 25.6. The summed E-state index contributed by atoms with van der Waals surface area (Å²) in [6.45, 7) is 5.32. The van der Waals surface area contributed by atoms with Crippen LogP contribution in [0.3, 0.4) is 0 Å². The highest BCUT2D eigenvalue weighted by Gasteiger charge is 2.57. The average molecular weight is 1450 g/mol. The monoisotopic (exact) mass is 1450 g/mol. The molecule has 0 aromatic carbocycles. The van der Waals surface area contributed by atoms with Crippen molar-refractivity contribution >= 4 is 53.2 Å². The minimum atomic E-state index is -1.94. The number of aliphatic hydroxyl groups is 9. The molecule has 6 rings (SSSR count). The highest BCUT2D eigenvalue weighted by molar-refractivity contribution is 8.00. The van der Waals surface area contributed by atoms with Gasteiger partial charge in [0.15, 0.2) is 25.2 Å². The predicted octanol–water partition coefficient (Wildman–Crippen LogP) is -8.31. The summed E-state index contributed by atoms with van der Waals surface area (Å²) in [5.74, 6) is -2.26. The van der Waals surface area contributed by atoms with Crippen molar-refractivity contribution < 1.29 is 146 Å². The smallest absolute Gasteiger partial charge is 0.315 e. The molecule has 6 aliphatic heterocycles. The fourth-order valence-electron chi connectivity index (χ4n) is 11.9. The normalized spacial score (nSPS) is 33.6. The molecule has 17 N–H and O–H groups in total. The number of fused-ring (bicyclic) bond motifs is 1. The van der Waals surface area contributed by atoms with E-state index in [1.807, 2.05) is 11.8 Å². The zero-order valence-corrected chi connectivity index (χ0v) is 57.0. The van der Waals surface area contributed by atoms with Gasteiger partial charge in [-0.05, 0) is 19.3 Å². The molecule has 6 heterocycles. The lowest BCUT2D eigenvalue weighted by Gasteiger charge is -2.51. The number of rotatable bonds is 45. The topological polar surface area (TPSA) is 527 Å². The number of carbonyl (C=O) groups is 7. The summed E-state index contributed by atoms with van der Waals surface area (Å²) in [5.41, 5.74) is 0. The van der Waals surface area contributed by atoms with Crippen LogP contribution in [-0.2, 0) is 95.1 Å².